The van der Waals surface area contributed by atoms with E-state index in [2.05, 4.69) is 15.5 Å². The second-order valence-electron chi connectivity index (χ2n) is 5.39. The highest BCUT2D eigenvalue weighted by Gasteiger charge is 2.10. The summed E-state index contributed by atoms with van der Waals surface area (Å²) in [5.74, 6) is 0.851. The van der Waals surface area contributed by atoms with Gasteiger partial charge in [0.1, 0.15) is 5.75 Å². The van der Waals surface area contributed by atoms with Gasteiger partial charge in [0.2, 0.25) is 5.13 Å². The van der Waals surface area contributed by atoms with Crippen LogP contribution >= 0.6 is 34.5 Å². The van der Waals surface area contributed by atoms with E-state index < -0.39 is 0 Å². The zero-order valence-corrected chi connectivity index (χ0v) is 16.6. The Morgan fingerprint density at radius 1 is 1.15 bits per heavy atom. The third kappa shape index (κ3) is 4.36. The number of benzene rings is 2. The van der Waals surface area contributed by atoms with Crippen LogP contribution < -0.4 is 10.2 Å². The number of hydrazone groups is 1. The number of nitrogens with one attached hydrogen (secondary N) is 1. The first-order chi connectivity index (χ1) is 12.6. The normalized spacial score (nSPS) is 11.1. The smallest absolute Gasteiger partial charge is 0.204 e. The number of aromatic nitrogens is 1. The van der Waals surface area contributed by atoms with Crippen molar-refractivity contribution in [2.45, 2.75) is 13.8 Å². The van der Waals surface area contributed by atoms with Crippen molar-refractivity contribution < 1.29 is 4.74 Å². The maximum absolute atomic E-state index is 6.13. The van der Waals surface area contributed by atoms with Crippen LogP contribution in [0.15, 0.2) is 47.6 Å². The molecule has 7 heteroatoms. The molecule has 0 radical (unpaired) electrons. The van der Waals surface area contributed by atoms with E-state index in [-0.39, 0.29) is 0 Å². The molecule has 0 aliphatic heterocycles. The third-order valence-corrected chi connectivity index (χ3v) is 5.12. The Morgan fingerprint density at radius 2 is 1.85 bits per heavy atom. The molecule has 0 atom stereocenters. The zero-order chi connectivity index (χ0) is 18.5. The summed E-state index contributed by atoms with van der Waals surface area (Å²) in [6.45, 7) is 4.65. The first kappa shape index (κ1) is 18.7. The Bertz CT molecular complexity index is 903. The van der Waals surface area contributed by atoms with Crippen molar-refractivity contribution in [3.8, 4) is 17.0 Å². The molecule has 0 saturated heterocycles. The number of hydrogen-bond acceptors (Lipinski definition) is 5. The quantitative estimate of drug-likeness (QED) is 0.388. The Hall–Kier alpha value is -2.08. The SMILES string of the molecule is CCOc1ccc(-c2nc(NN=Cc3c(Cl)cccc3Cl)sc2C)cc1. The highest BCUT2D eigenvalue weighted by molar-refractivity contribution is 7.16. The summed E-state index contributed by atoms with van der Waals surface area (Å²) in [5.41, 5.74) is 5.57. The van der Waals surface area contributed by atoms with E-state index in [1.54, 1.807) is 24.4 Å². The molecule has 3 aromatic rings. The Balaban J connectivity index is 1.75. The molecule has 0 spiro atoms. The van der Waals surface area contributed by atoms with E-state index in [9.17, 15) is 0 Å². The van der Waals surface area contributed by atoms with Crippen molar-refractivity contribution in [1.82, 2.24) is 4.98 Å². The Morgan fingerprint density at radius 3 is 2.50 bits per heavy atom. The lowest BCUT2D eigenvalue weighted by atomic mass is 10.1. The molecule has 0 unspecified atom stereocenters. The summed E-state index contributed by atoms with van der Waals surface area (Å²) >= 11 is 13.8. The predicted molar refractivity (Wildman–Crippen MR) is 111 cm³/mol. The van der Waals surface area contributed by atoms with Crippen molar-refractivity contribution in [3.05, 3.63) is 63.0 Å². The molecule has 0 fully saturated rings. The molecule has 26 heavy (non-hydrogen) atoms. The summed E-state index contributed by atoms with van der Waals surface area (Å²) in [6.07, 6.45) is 1.60. The molecule has 4 nitrogen and oxygen atoms in total. The van der Waals surface area contributed by atoms with Gasteiger partial charge in [0.05, 0.1) is 28.6 Å². The van der Waals surface area contributed by atoms with Crippen LogP contribution in [0, 0.1) is 6.92 Å². The molecular formula is C19H17Cl2N3OS. The molecule has 1 N–H and O–H groups in total. The second-order valence-corrected chi connectivity index (χ2v) is 7.40. The van der Waals surface area contributed by atoms with Crippen LogP contribution in [0.3, 0.4) is 0 Å². The molecule has 0 aliphatic carbocycles. The second kappa shape index (κ2) is 8.54. The molecule has 0 saturated carbocycles. The molecule has 0 bridgehead atoms. The Kier molecular flexibility index (Phi) is 6.14. The van der Waals surface area contributed by atoms with Gasteiger partial charge in [-0.1, -0.05) is 29.3 Å². The van der Waals surface area contributed by atoms with E-state index in [1.807, 2.05) is 38.1 Å². The molecule has 0 amide bonds. The summed E-state index contributed by atoms with van der Waals surface area (Å²) in [4.78, 5) is 5.72. The van der Waals surface area contributed by atoms with Crippen LogP contribution in [-0.4, -0.2) is 17.8 Å². The number of rotatable bonds is 6. The molecule has 1 heterocycles. The van der Waals surface area contributed by atoms with E-state index >= 15 is 0 Å². The molecule has 3 rings (SSSR count). The molecule has 134 valence electrons. The standard InChI is InChI=1S/C19H17Cl2N3OS/c1-3-25-14-9-7-13(8-10-14)18-12(2)26-19(23-18)24-22-11-15-16(20)5-4-6-17(15)21/h4-11H,3H2,1-2H3,(H,23,24). The fourth-order valence-electron chi connectivity index (χ4n) is 2.37. The zero-order valence-electron chi connectivity index (χ0n) is 14.3. The largest absolute Gasteiger partial charge is 0.494 e. The number of thiazole rings is 1. The van der Waals surface area contributed by atoms with E-state index in [0.29, 0.717) is 27.3 Å². The fourth-order valence-corrected chi connectivity index (χ4v) is 3.65. The lowest BCUT2D eigenvalue weighted by Crippen LogP contribution is -1.92. The van der Waals surface area contributed by atoms with Crippen LogP contribution in [0.2, 0.25) is 10.0 Å². The molecule has 2 aromatic carbocycles. The maximum Gasteiger partial charge on any atom is 0.204 e. The minimum atomic E-state index is 0.549. The van der Waals surface area contributed by atoms with Gasteiger partial charge in [-0.2, -0.15) is 5.10 Å². The minimum Gasteiger partial charge on any atom is -0.494 e. The van der Waals surface area contributed by atoms with Gasteiger partial charge in [0.15, 0.2) is 0 Å². The summed E-state index contributed by atoms with van der Waals surface area (Å²) in [7, 11) is 0. The average Bonchev–Trinajstić information content (AvgIpc) is 2.99. The fraction of sp³-hybridized carbons (Fsp3) is 0.158. The summed E-state index contributed by atoms with van der Waals surface area (Å²) < 4.78 is 5.48. The van der Waals surface area contributed by atoms with Crippen LogP contribution in [0.5, 0.6) is 5.75 Å². The van der Waals surface area contributed by atoms with Gasteiger partial charge in [0, 0.05) is 16.0 Å². The van der Waals surface area contributed by atoms with Gasteiger partial charge < -0.3 is 4.74 Å². The highest BCUT2D eigenvalue weighted by Crippen LogP contribution is 2.31. The number of anilines is 1. The van der Waals surface area contributed by atoms with E-state index in [4.69, 9.17) is 27.9 Å². The van der Waals surface area contributed by atoms with Gasteiger partial charge >= 0.3 is 0 Å². The van der Waals surface area contributed by atoms with Crippen LogP contribution in [0.4, 0.5) is 5.13 Å². The third-order valence-electron chi connectivity index (χ3n) is 3.59. The van der Waals surface area contributed by atoms with E-state index in [1.165, 1.54) is 11.3 Å². The van der Waals surface area contributed by atoms with E-state index in [0.717, 1.165) is 21.9 Å². The van der Waals surface area contributed by atoms with Crippen molar-refractivity contribution in [2.24, 2.45) is 5.10 Å². The van der Waals surface area contributed by atoms with Crippen LogP contribution in [0.1, 0.15) is 17.4 Å². The van der Waals surface area contributed by atoms with Crippen molar-refractivity contribution >= 4 is 45.9 Å². The predicted octanol–water partition coefficient (Wildman–Crippen LogP) is 6.27. The number of nitrogens with zero attached hydrogens (tertiary/aromatic N) is 2. The van der Waals surface area contributed by atoms with Crippen molar-refractivity contribution in [3.63, 3.8) is 0 Å². The minimum absolute atomic E-state index is 0.549. The number of aryl methyl sites for hydroxylation is 1. The van der Waals surface area contributed by atoms with Gasteiger partial charge in [-0.05, 0) is 50.2 Å². The number of ether oxygens (including phenoxy) is 1. The maximum atomic E-state index is 6.13. The van der Waals surface area contributed by atoms with Crippen molar-refractivity contribution in [2.75, 3.05) is 12.0 Å². The monoisotopic (exact) mass is 405 g/mol. The van der Waals surface area contributed by atoms with Gasteiger partial charge in [0.25, 0.3) is 0 Å². The molecular weight excluding hydrogens is 389 g/mol. The van der Waals surface area contributed by atoms with Crippen LogP contribution in [-0.2, 0) is 0 Å². The highest BCUT2D eigenvalue weighted by atomic mass is 35.5. The molecule has 0 aliphatic rings. The van der Waals surface area contributed by atoms with Crippen molar-refractivity contribution in [1.29, 1.82) is 0 Å². The first-order valence-electron chi connectivity index (χ1n) is 8.02. The summed E-state index contributed by atoms with van der Waals surface area (Å²) in [6, 6.07) is 13.2. The molecule has 1 aromatic heterocycles. The Labute approximate surface area is 166 Å². The lowest BCUT2D eigenvalue weighted by Gasteiger charge is -2.03. The lowest BCUT2D eigenvalue weighted by molar-refractivity contribution is 0.340. The van der Waals surface area contributed by atoms with Gasteiger partial charge in [-0.3, -0.25) is 5.43 Å². The first-order valence-corrected chi connectivity index (χ1v) is 9.59. The van der Waals surface area contributed by atoms with Gasteiger partial charge in [-0.15, -0.1) is 11.3 Å². The van der Waals surface area contributed by atoms with Crippen LogP contribution in [0.25, 0.3) is 11.3 Å². The van der Waals surface area contributed by atoms with Gasteiger partial charge in [-0.25, -0.2) is 4.98 Å². The summed E-state index contributed by atoms with van der Waals surface area (Å²) in [5, 5.41) is 6.00. The topological polar surface area (TPSA) is 46.5 Å². The average molecular weight is 406 g/mol. The number of halogens is 2. The number of hydrogen-bond donors (Lipinski definition) is 1.